The number of esters is 1. The molecule has 1 aliphatic carbocycles. The van der Waals surface area contributed by atoms with Crippen LogP contribution >= 0.6 is 0 Å². The van der Waals surface area contributed by atoms with Crippen LogP contribution in [0.2, 0.25) is 0 Å². The summed E-state index contributed by atoms with van der Waals surface area (Å²) in [6.07, 6.45) is 6.84. The van der Waals surface area contributed by atoms with E-state index in [0.717, 1.165) is 32.1 Å². The lowest BCUT2D eigenvalue weighted by Gasteiger charge is -2.24. The molecule has 74 valence electrons. The Balaban J connectivity index is 2.65. The monoisotopic (exact) mass is 182 g/mol. The Morgan fingerprint density at radius 3 is 2.62 bits per heavy atom. The van der Waals surface area contributed by atoms with Crippen molar-refractivity contribution >= 4 is 5.97 Å². The van der Waals surface area contributed by atoms with Gasteiger partial charge in [0.1, 0.15) is 0 Å². The molecule has 13 heavy (non-hydrogen) atoms. The summed E-state index contributed by atoms with van der Waals surface area (Å²) in [6, 6.07) is 0. The highest BCUT2D eigenvalue weighted by Gasteiger charge is 2.41. The first-order chi connectivity index (χ1) is 6.25. The van der Waals surface area contributed by atoms with Crippen molar-refractivity contribution in [1.82, 2.24) is 0 Å². The van der Waals surface area contributed by atoms with E-state index < -0.39 is 0 Å². The maximum Gasteiger partial charge on any atom is 0.312 e. The molecular weight excluding hydrogens is 164 g/mol. The van der Waals surface area contributed by atoms with Gasteiger partial charge in [0.2, 0.25) is 0 Å². The van der Waals surface area contributed by atoms with Crippen molar-refractivity contribution < 1.29 is 9.53 Å². The molecule has 0 saturated heterocycles. The van der Waals surface area contributed by atoms with E-state index in [1.54, 1.807) is 0 Å². The van der Waals surface area contributed by atoms with Crippen molar-refractivity contribution in [3.05, 3.63) is 12.7 Å². The Kier molecular flexibility index (Phi) is 3.52. The Morgan fingerprint density at radius 2 is 2.15 bits per heavy atom. The van der Waals surface area contributed by atoms with Crippen LogP contribution in [-0.2, 0) is 9.53 Å². The first-order valence-electron chi connectivity index (χ1n) is 5.03. The maximum absolute atomic E-state index is 11.7. The lowest BCUT2D eigenvalue weighted by atomic mass is 9.83. The minimum atomic E-state index is -0.224. The smallest absolute Gasteiger partial charge is 0.312 e. The second-order valence-corrected chi connectivity index (χ2v) is 3.70. The molecule has 0 N–H and O–H groups in total. The van der Waals surface area contributed by atoms with Crippen LogP contribution in [0.5, 0.6) is 0 Å². The van der Waals surface area contributed by atoms with Gasteiger partial charge in [0, 0.05) is 0 Å². The molecule has 0 heterocycles. The standard InChI is InChI=1S/C11H18O2/c1-3-7-11(8-5-6-9-11)10(12)13-4-2/h3H,1,4-9H2,2H3. The molecule has 0 spiro atoms. The number of carbonyl (C=O) groups excluding carboxylic acids is 1. The number of rotatable bonds is 4. The van der Waals surface area contributed by atoms with Crippen LogP contribution in [0.25, 0.3) is 0 Å². The van der Waals surface area contributed by atoms with Crippen molar-refractivity contribution in [2.75, 3.05) is 6.61 Å². The van der Waals surface area contributed by atoms with Crippen LogP contribution in [0.4, 0.5) is 0 Å². The molecule has 2 heteroatoms. The van der Waals surface area contributed by atoms with Gasteiger partial charge in [-0.15, -0.1) is 6.58 Å². The van der Waals surface area contributed by atoms with Crippen LogP contribution in [-0.4, -0.2) is 12.6 Å². The van der Waals surface area contributed by atoms with Crippen LogP contribution in [0.3, 0.4) is 0 Å². The summed E-state index contributed by atoms with van der Waals surface area (Å²) < 4.78 is 5.10. The summed E-state index contributed by atoms with van der Waals surface area (Å²) in [4.78, 5) is 11.7. The molecule has 0 aromatic carbocycles. The van der Waals surface area contributed by atoms with Crippen molar-refractivity contribution in [3.8, 4) is 0 Å². The molecule has 2 nitrogen and oxygen atoms in total. The third-order valence-corrected chi connectivity index (χ3v) is 2.80. The SMILES string of the molecule is C=CCC1(C(=O)OCC)CCCC1. The number of hydrogen-bond acceptors (Lipinski definition) is 2. The molecule has 0 aromatic heterocycles. The minimum Gasteiger partial charge on any atom is -0.466 e. The molecule has 0 unspecified atom stereocenters. The lowest BCUT2D eigenvalue weighted by molar-refractivity contribution is -0.155. The molecule has 0 amide bonds. The highest BCUT2D eigenvalue weighted by atomic mass is 16.5. The fourth-order valence-corrected chi connectivity index (χ4v) is 2.10. The third-order valence-electron chi connectivity index (χ3n) is 2.80. The Labute approximate surface area is 80.0 Å². The lowest BCUT2D eigenvalue weighted by Crippen LogP contribution is -2.29. The second-order valence-electron chi connectivity index (χ2n) is 3.70. The van der Waals surface area contributed by atoms with Gasteiger partial charge >= 0.3 is 5.97 Å². The average Bonchev–Trinajstić information content (AvgIpc) is 2.55. The summed E-state index contributed by atoms with van der Waals surface area (Å²) in [5.41, 5.74) is -0.224. The molecule has 0 aromatic rings. The van der Waals surface area contributed by atoms with Crippen molar-refractivity contribution in [1.29, 1.82) is 0 Å². The van der Waals surface area contributed by atoms with Crippen LogP contribution < -0.4 is 0 Å². The van der Waals surface area contributed by atoms with E-state index in [4.69, 9.17) is 4.74 Å². The van der Waals surface area contributed by atoms with Crippen LogP contribution in [0.1, 0.15) is 39.0 Å². The second kappa shape index (κ2) is 4.45. The first-order valence-corrected chi connectivity index (χ1v) is 5.03. The highest BCUT2D eigenvalue weighted by molar-refractivity contribution is 5.77. The Morgan fingerprint density at radius 1 is 1.54 bits per heavy atom. The van der Waals surface area contributed by atoms with Gasteiger partial charge in [0.15, 0.2) is 0 Å². The van der Waals surface area contributed by atoms with Crippen molar-refractivity contribution in [2.45, 2.75) is 39.0 Å². The topological polar surface area (TPSA) is 26.3 Å². The first kappa shape index (κ1) is 10.3. The summed E-state index contributed by atoms with van der Waals surface area (Å²) in [7, 11) is 0. The molecule has 1 fully saturated rings. The molecule has 0 atom stereocenters. The molecular formula is C11H18O2. The van der Waals surface area contributed by atoms with Crippen molar-refractivity contribution in [2.24, 2.45) is 5.41 Å². The molecule has 1 saturated carbocycles. The molecule has 0 radical (unpaired) electrons. The summed E-state index contributed by atoms with van der Waals surface area (Å²) in [5, 5.41) is 0. The van der Waals surface area contributed by atoms with Gasteiger partial charge < -0.3 is 4.74 Å². The van der Waals surface area contributed by atoms with E-state index in [9.17, 15) is 4.79 Å². The quantitative estimate of drug-likeness (QED) is 0.493. The molecule has 0 aliphatic heterocycles. The van der Waals surface area contributed by atoms with E-state index in [1.807, 2.05) is 13.0 Å². The highest BCUT2D eigenvalue weighted by Crippen LogP contribution is 2.42. The third kappa shape index (κ3) is 2.11. The fraction of sp³-hybridized carbons (Fsp3) is 0.727. The zero-order chi connectivity index (χ0) is 9.73. The Bertz CT molecular complexity index is 190. The molecule has 1 aliphatic rings. The van der Waals surface area contributed by atoms with Crippen molar-refractivity contribution in [3.63, 3.8) is 0 Å². The van der Waals surface area contributed by atoms with Gasteiger partial charge in [-0.1, -0.05) is 18.9 Å². The van der Waals surface area contributed by atoms with Gasteiger partial charge in [-0.2, -0.15) is 0 Å². The van der Waals surface area contributed by atoms with Gasteiger partial charge in [-0.05, 0) is 26.2 Å². The summed E-state index contributed by atoms with van der Waals surface area (Å²) in [6.45, 7) is 6.04. The van der Waals surface area contributed by atoms with E-state index in [2.05, 4.69) is 6.58 Å². The molecule has 1 rings (SSSR count). The van der Waals surface area contributed by atoms with Gasteiger partial charge in [-0.3, -0.25) is 4.79 Å². The number of hydrogen-bond donors (Lipinski definition) is 0. The fourth-order valence-electron chi connectivity index (χ4n) is 2.10. The Hall–Kier alpha value is -0.790. The van der Waals surface area contributed by atoms with Gasteiger partial charge in [0.05, 0.1) is 12.0 Å². The predicted molar refractivity (Wildman–Crippen MR) is 52.3 cm³/mol. The zero-order valence-electron chi connectivity index (χ0n) is 8.34. The van der Waals surface area contributed by atoms with Crippen LogP contribution in [0, 0.1) is 5.41 Å². The predicted octanol–water partition coefficient (Wildman–Crippen LogP) is 2.69. The van der Waals surface area contributed by atoms with E-state index in [1.165, 1.54) is 0 Å². The largest absolute Gasteiger partial charge is 0.466 e. The molecule has 0 bridgehead atoms. The van der Waals surface area contributed by atoms with Gasteiger partial charge in [0.25, 0.3) is 0 Å². The van der Waals surface area contributed by atoms with E-state index in [-0.39, 0.29) is 11.4 Å². The summed E-state index contributed by atoms with van der Waals surface area (Å²) in [5.74, 6) is -0.0209. The van der Waals surface area contributed by atoms with E-state index >= 15 is 0 Å². The number of allylic oxidation sites excluding steroid dienone is 1. The minimum absolute atomic E-state index is 0.0209. The number of ether oxygens (including phenoxy) is 1. The normalized spacial score (nSPS) is 19.8. The number of carbonyl (C=O) groups is 1. The summed E-state index contributed by atoms with van der Waals surface area (Å²) >= 11 is 0. The van der Waals surface area contributed by atoms with E-state index in [0.29, 0.717) is 6.61 Å². The van der Waals surface area contributed by atoms with Crippen LogP contribution in [0.15, 0.2) is 12.7 Å². The maximum atomic E-state index is 11.7. The zero-order valence-corrected chi connectivity index (χ0v) is 8.34. The average molecular weight is 182 g/mol. The van der Waals surface area contributed by atoms with Gasteiger partial charge in [-0.25, -0.2) is 0 Å².